The fraction of sp³-hybridized carbons (Fsp3) is 0.235. The minimum absolute atomic E-state index is 0.0403. The average molecular weight is 593 g/mol. The van der Waals surface area contributed by atoms with Crippen molar-refractivity contribution in [2.75, 3.05) is 6.61 Å². The number of alkyl halides is 2. The molecule has 0 radical (unpaired) electrons. The molecule has 0 spiro atoms. The second-order valence-corrected chi connectivity index (χ2v) is 8.74. The summed E-state index contributed by atoms with van der Waals surface area (Å²) in [6.07, 6.45) is 1.18. The highest BCUT2D eigenvalue weighted by Crippen LogP contribution is 2.56. The fourth-order valence-electron chi connectivity index (χ4n) is 3.94. The van der Waals surface area contributed by atoms with E-state index < -0.39 is 46.8 Å². The Morgan fingerprint density at radius 3 is 2.07 bits per heavy atom. The molecule has 4 aromatic rings. The third kappa shape index (κ3) is 7.38. The second-order valence-electron chi connectivity index (χ2n) is 8.74. The lowest BCUT2D eigenvalue weighted by Crippen LogP contribution is -2.34. The number of benzene rings is 3. The van der Waals surface area contributed by atoms with E-state index >= 15 is 8.78 Å². The van der Waals surface area contributed by atoms with Crippen molar-refractivity contribution >= 4 is 0 Å². The summed E-state index contributed by atoms with van der Waals surface area (Å²) >= 11 is 0. The Bertz CT molecular complexity index is 1630. The number of rotatable bonds is 6. The molecule has 222 valence electrons. The first-order valence-electron chi connectivity index (χ1n) is 13.6. The van der Waals surface area contributed by atoms with Crippen LogP contribution >= 0.6 is 0 Å². The first-order chi connectivity index (χ1) is 20.7. The lowest BCUT2D eigenvalue weighted by molar-refractivity contribution is -0.0901. The molecule has 0 N–H and O–H groups in total. The number of hydrogen-bond donors (Lipinski definition) is 0. The van der Waals surface area contributed by atoms with Crippen LogP contribution in [0.1, 0.15) is 61.2 Å². The highest BCUT2D eigenvalue weighted by atomic mass is 19.3. The van der Waals surface area contributed by atoms with Crippen LogP contribution in [0, 0.1) is 40.6 Å². The summed E-state index contributed by atoms with van der Waals surface area (Å²) in [5, 5.41) is 8.80. The van der Waals surface area contributed by atoms with E-state index in [0.29, 0.717) is 28.5 Å². The summed E-state index contributed by atoms with van der Waals surface area (Å²) in [4.78, 5) is 3.83. The molecule has 0 amide bonds. The number of nitriles is 1. The third-order valence-electron chi connectivity index (χ3n) is 6.16. The van der Waals surface area contributed by atoms with Gasteiger partial charge in [-0.1, -0.05) is 45.6 Å². The lowest BCUT2D eigenvalue weighted by Gasteiger charge is -2.24. The zero-order chi connectivity index (χ0) is 31.6. The van der Waals surface area contributed by atoms with Crippen LogP contribution in [0.25, 0.3) is 0 Å². The van der Waals surface area contributed by atoms with E-state index in [2.05, 4.69) is 16.8 Å². The van der Waals surface area contributed by atoms with Gasteiger partial charge in [0.25, 0.3) is 0 Å². The van der Waals surface area contributed by atoms with Crippen LogP contribution in [0.15, 0.2) is 79.0 Å². The Balaban J connectivity index is 0.00000121. The van der Waals surface area contributed by atoms with Crippen molar-refractivity contribution in [1.29, 1.82) is 5.26 Å². The van der Waals surface area contributed by atoms with Crippen molar-refractivity contribution in [3.63, 3.8) is 0 Å². The van der Waals surface area contributed by atoms with Gasteiger partial charge in [0.2, 0.25) is 0 Å². The highest BCUT2D eigenvalue weighted by Gasteiger charge is 2.68. The Kier molecular flexibility index (Phi) is 11.0. The van der Waals surface area contributed by atoms with Crippen LogP contribution in [0.2, 0.25) is 0 Å². The molecule has 5 rings (SSSR count). The lowest BCUT2D eigenvalue weighted by atomic mass is 9.90. The second kappa shape index (κ2) is 14.4. The van der Waals surface area contributed by atoms with Gasteiger partial charge in [-0.25, -0.2) is 13.2 Å². The van der Waals surface area contributed by atoms with Gasteiger partial charge >= 0.3 is 5.92 Å². The summed E-state index contributed by atoms with van der Waals surface area (Å²) in [5.74, 6) is -0.0206. The molecule has 1 fully saturated rings. The average Bonchev–Trinajstić information content (AvgIpc) is 3.84. The summed E-state index contributed by atoms with van der Waals surface area (Å²) in [6, 6.07) is 17.6. The Morgan fingerprint density at radius 2 is 1.51 bits per heavy atom. The standard InChI is InChI=1S/C30H17F5N2O2.2C2H6/c31-23-8-11-25(27(33)14-23)29(18-39-29)30(34,35)28-12-6-20(16-37-28)2-1-19-4-9-24(10-5-19)38-17-21-3-7-22(15-36)26(32)13-21;2*1-2/h3-14,16H,17-18H2;2*1-2H3. The normalized spacial score (nSPS) is 14.9. The minimum Gasteiger partial charge on any atom is -0.489 e. The number of ether oxygens (including phenoxy) is 2. The molecule has 1 saturated heterocycles. The van der Waals surface area contributed by atoms with Gasteiger partial charge in [-0.3, -0.25) is 4.98 Å². The molecule has 1 aliphatic rings. The first-order valence-corrected chi connectivity index (χ1v) is 13.6. The van der Waals surface area contributed by atoms with E-state index in [1.165, 1.54) is 24.4 Å². The molecule has 0 aliphatic carbocycles. The van der Waals surface area contributed by atoms with Gasteiger partial charge in [0.1, 0.15) is 41.6 Å². The highest BCUT2D eigenvalue weighted by molar-refractivity contribution is 5.44. The van der Waals surface area contributed by atoms with E-state index in [1.54, 1.807) is 36.4 Å². The van der Waals surface area contributed by atoms with E-state index in [1.807, 2.05) is 27.7 Å². The molecular weight excluding hydrogens is 563 g/mol. The van der Waals surface area contributed by atoms with Crippen LogP contribution in [-0.4, -0.2) is 11.6 Å². The van der Waals surface area contributed by atoms with Crippen molar-refractivity contribution < 1.29 is 31.4 Å². The fourth-order valence-corrected chi connectivity index (χ4v) is 3.94. The number of nitrogens with zero attached hydrogens (tertiary/aromatic N) is 2. The third-order valence-corrected chi connectivity index (χ3v) is 6.16. The van der Waals surface area contributed by atoms with Crippen molar-refractivity contribution in [3.8, 4) is 23.7 Å². The van der Waals surface area contributed by atoms with Crippen LogP contribution < -0.4 is 4.74 Å². The largest absolute Gasteiger partial charge is 0.489 e. The van der Waals surface area contributed by atoms with Crippen molar-refractivity contribution in [2.45, 2.75) is 45.8 Å². The van der Waals surface area contributed by atoms with Crippen molar-refractivity contribution in [3.05, 3.63) is 130 Å². The monoisotopic (exact) mass is 592 g/mol. The topological polar surface area (TPSA) is 58.4 Å². The van der Waals surface area contributed by atoms with E-state index in [9.17, 15) is 13.2 Å². The molecule has 43 heavy (non-hydrogen) atoms. The van der Waals surface area contributed by atoms with Crippen molar-refractivity contribution in [1.82, 2.24) is 4.98 Å². The zero-order valence-corrected chi connectivity index (χ0v) is 24.0. The molecule has 1 unspecified atom stereocenters. The molecule has 0 bridgehead atoms. The maximum Gasteiger partial charge on any atom is 0.324 e. The number of pyridine rings is 1. The predicted molar refractivity (Wildman–Crippen MR) is 153 cm³/mol. The Morgan fingerprint density at radius 1 is 0.860 bits per heavy atom. The van der Waals surface area contributed by atoms with Gasteiger partial charge in [0.15, 0.2) is 5.60 Å². The maximum atomic E-state index is 15.3. The molecule has 9 heteroatoms. The summed E-state index contributed by atoms with van der Waals surface area (Å²) in [6.45, 7) is 7.67. The van der Waals surface area contributed by atoms with Crippen LogP contribution in [0.4, 0.5) is 22.0 Å². The van der Waals surface area contributed by atoms with Gasteiger partial charge in [-0.2, -0.15) is 14.0 Å². The van der Waals surface area contributed by atoms with Gasteiger partial charge < -0.3 is 9.47 Å². The quantitative estimate of drug-likeness (QED) is 0.128. The molecule has 3 aromatic carbocycles. The molecule has 1 atom stereocenters. The van der Waals surface area contributed by atoms with Gasteiger partial charge in [0, 0.05) is 29.0 Å². The predicted octanol–water partition coefficient (Wildman–Crippen LogP) is 8.42. The number of hydrogen-bond acceptors (Lipinski definition) is 4. The van der Waals surface area contributed by atoms with Crippen LogP contribution in [-0.2, 0) is 22.9 Å². The van der Waals surface area contributed by atoms with E-state index in [0.717, 1.165) is 18.2 Å². The van der Waals surface area contributed by atoms with Gasteiger partial charge in [-0.05, 0) is 66.2 Å². The molecule has 2 heterocycles. The SMILES string of the molecule is CC.CC.N#Cc1ccc(COc2ccc(C#Cc3ccc(C(F)(F)C4(c5ccc(F)cc5F)CO4)nc3)cc2)cc1F. The molecule has 1 aliphatic heterocycles. The van der Waals surface area contributed by atoms with E-state index in [-0.39, 0.29) is 12.2 Å². The number of aromatic nitrogens is 1. The first kappa shape index (κ1) is 32.8. The van der Waals surface area contributed by atoms with Gasteiger partial charge in [-0.15, -0.1) is 0 Å². The Labute approximate surface area is 247 Å². The molecule has 0 saturated carbocycles. The zero-order valence-electron chi connectivity index (χ0n) is 24.0. The molecule has 1 aromatic heterocycles. The summed E-state index contributed by atoms with van der Waals surface area (Å²) in [7, 11) is 0. The maximum absolute atomic E-state index is 15.3. The van der Waals surface area contributed by atoms with Gasteiger partial charge in [0.05, 0.1) is 12.2 Å². The molecular formula is C34H29F5N2O2. The van der Waals surface area contributed by atoms with E-state index in [4.69, 9.17) is 14.7 Å². The smallest absolute Gasteiger partial charge is 0.324 e. The summed E-state index contributed by atoms with van der Waals surface area (Å²) < 4.78 is 82.4. The molecule has 4 nitrogen and oxygen atoms in total. The minimum atomic E-state index is -3.67. The summed E-state index contributed by atoms with van der Waals surface area (Å²) in [5.41, 5.74) is -1.78. The van der Waals surface area contributed by atoms with Crippen LogP contribution in [0.5, 0.6) is 5.75 Å². The van der Waals surface area contributed by atoms with Crippen molar-refractivity contribution in [2.24, 2.45) is 0 Å². The number of epoxide rings is 1. The Hall–Kier alpha value is -4.73. The van der Waals surface area contributed by atoms with Crippen LogP contribution in [0.3, 0.4) is 0 Å². The number of halogens is 5.